The van der Waals surface area contributed by atoms with Crippen LogP contribution in [0.25, 0.3) is 6.08 Å². The molecule has 1 heterocycles. The second-order valence-corrected chi connectivity index (χ2v) is 11.8. The lowest BCUT2D eigenvalue weighted by Gasteiger charge is -2.47. The van der Waals surface area contributed by atoms with E-state index in [9.17, 15) is 14.4 Å². The van der Waals surface area contributed by atoms with Crippen LogP contribution >= 0.6 is 0 Å². The molecular weight excluding hydrogens is 508 g/mol. The summed E-state index contributed by atoms with van der Waals surface area (Å²) in [4.78, 5) is 47.9. The fraction of sp³-hybridized carbons (Fsp3) is 0.645. The van der Waals surface area contributed by atoms with Gasteiger partial charge in [-0.25, -0.2) is 16.2 Å². The maximum atomic E-state index is 14.5. The highest BCUT2D eigenvalue weighted by Crippen LogP contribution is 2.50. The molecule has 0 aromatic heterocycles. The number of nitrogens with two attached hydrogens (primary N) is 2. The maximum Gasteiger partial charge on any atom is 0.248 e. The van der Waals surface area contributed by atoms with Gasteiger partial charge in [0.25, 0.3) is 0 Å². The number of ether oxygens (including phenoxy) is 1. The van der Waals surface area contributed by atoms with E-state index in [0.29, 0.717) is 19.4 Å². The summed E-state index contributed by atoms with van der Waals surface area (Å²) in [6.07, 6.45) is 10.4. The van der Waals surface area contributed by atoms with E-state index in [0.717, 1.165) is 50.5 Å². The molecule has 9 nitrogen and oxygen atoms in total. The van der Waals surface area contributed by atoms with Crippen LogP contribution < -0.4 is 22.5 Å². The van der Waals surface area contributed by atoms with Gasteiger partial charge < -0.3 is 10.5 Å². The zero-order chi connectivity index (χ0) is 29.1. The first-order valence-corrected chi connectivity index (χ1v) is 14.8. The van der Waals surface area contributed by atoms with Crippen molar-refractivity contribution in [3.8, 4) is 0 Å². The Bertz CT molecular complexity index is 987. The van der Waals surface area contributed by atoms with E-state index in [4.69, 9.17) is 21.2 Å². The van der Waals surface area contributed by atoms with Crippen molar-refractivity contribution >= 4 is 23.7 Å². The highest BCUT2D eigenvalue weighted by molar-refractivity contribution is 5.99. The molecule has 2 aliphatic rings. The third-order valence-corrected chi connectivity index (χ3v) is 8.30. The van der Waals surface area contributed by atoms with Crippen LogP contribution in [0.5, 0.6) is 0 Å². The van der Waals surface area contributed by atoms with Crippen molar-refractivity contribution in [3.05, 3.63) is 42.0 Å². The number of hydrazine groups is 1. The number of hydrogen-bond acceptors (Lipinski definition) is 7. The molecule has 3 rings (SSSR count). The topological polar surface area (TPSA) is 146 Å². The minimum Gasteiger partial charge on any atom is -0.350 e. The first kappa shape index (κ1) is 31.9. The number of hydrogen-bond donors (Lipinski definition) is 4. The molecule has 1 aliphatic carbocycles. The Labute approximate surface area is 238 Å². The molecule has 9 heteroatoms. The van der Waals surface area contributed by atoms with Gasteiger partial charge in [-0.1, -0.05) is 75.6 Å². The predicted molar refractivity (Wildman–Crippen MR) is 155 cm³/mol. The van der Waals surface area contributed by atoms with Crippen LogP contribution in [0.1, 0.15) is 84.1 Å². The van der Waals surface area contributed by atoms with Crippen LogP contribution in [0, 0.1) is 29.1 Å². The van der Waals surface area contributed by atoms with Gasteiger partial charge in [-0.2, -0.15) is 0 Å². The fourth-order valence-corrected chi connectivity index (χ4v) is 6.44. The quantitative estimate of drug-likeness (QED) is 0.163. The summed E-state index contributed by atoms with van der Waals surface area (Å²) in [5, 5.41) is 0. The predicted octanol–water partition coefficient (Wildman–Crippen LogP) is 4.03. The average Bonchev–Trinajstić information content (AvgIpc) is 2.97. The van der Waals surface area contributed by atoms with Crippen LogP contribution in [0.2, 0.25) is 0 Å². The van der Waals surface area contributed by atoms with Crippen LogP contribution in [0.15, 0.2) is 36.4 Å². The Morgan fingerprint density at radius 3 is 2.27 bits per heavy atom. The summed E-state index contributed by atoms with van der Waals surface area (Å²) in [7, 11) is 0. The van der Waals surface area contributed by atoms with Gasteiger partial charge in [-0.3, -0.25) is 19.8 Å². The first-order chi connectivity index (χ1) is 19.2. The van der Waals surface area contributed by atoms with E-state index in [2.05, 4.69) is 10.9 Å². The lowest BCUT2D eigenvalue weighted by Crippen LogP contribution is -2.59. The minimum absolute atomic E-state index is 0.0488. The second-order valence-electron chi connectivity index (χ2n) is 11.8. The van der Waals surface area contributed by atoms with Gasteiger partial charge in [-0.15, -0.1) is 0 Å². The van der Waals surface area contributed by atoms with Crippen LogP contribution in [0.4, 0.5) is 0 Å². The van der Waals surface area contributed by atoms with Crippen LogP contribution in [-0.4, -0.2) is 36.5 Å². The minimum atomic E-state index is -1.36. The number of hydroxylamine groups is 1. The molecule has 0 radical (unpaired) electrons. The van der Waals surface area contributed by atoms with Gasteiger partial charge in [0.05, 0.1) is 23.3 Å². The van der Waals surface area contributed by atoms with Crippen molar-refractivity contribution in [2.24, 2.45) is 40.7 Å². The normalized spacial score (nSPS) is 22.3. The summed E-state index contributed by atoms with van der Waals surface area (Å²) < 4.78 is 5.66. The van der Waals surface area contributed by atoms with E-state index in [1.54, 1.807) is 6.92 Å². The van der Waals surface area contributed by atoms with Gasteiger partial charge in [0.15, 0.2) is 12.1 Å². The molecule has 0 bridgehead atoms. The molecule has 1 aliphatic heterocycles. The summed E-state index contributed by atoms with van der Waals surface area (Å²) >= 11 is 0. The molecule has 0 spiro atoms. The van der Waals surface area contributed by atoms with E-state index < -0.39 is 41.4 Å². The monoisotopic (exact) mass is 556 g/mol. The number of rotatable bonds is 13. The number of carbonyl (C=O) groups is 3. The fourth-order valence-electron chi connectivity index (χ4n) is 6.44. The number of nitrogens with one attached hydrogen (secondary N) is 2. The zero-order valence-electron chi connectivity index (χ0n) is 24.3. The summed E-state index contributed by atoms with van der Waals surface area (Å²) in [5.74, 6) is 2.24. The third-order valence-electron chi connectivity index (χ3n) is 8.30. The van der Waals surface area contributed by atoms with E-state index >= 15 is 0 Å². The second kappa shape index (κ2) is 15.4. The summed E-state index contributed by atoms with van der Waals surface area (Å²) in [6, 6.07) is 8.78. The van der Waals surface area contributed by atoms with Crippen LogP contribution in [-0.2, 0) is 24.0 Å². The number of carbonyl (C=O) groups excluding carboxylic acids is 3. The molecule has 222 valence electrons. The summed E-state index contributed by atoms with van der Waals surface area (Å²) in [5.41, 5.74) is 10.8. The van der Waals surface area contributed by atoms with Crippen molar-refractivity contribution in [2.45, 2.75) is 90.9 Å². The van der Waals surface area contributed by atoms with Gasteiger partial charge in [-0.05, 0) is 56.4 Å². The number of amides is 2. The van der Waals surface area contributed by atoms with Gasteiger partial charge in [0.2, 0.25) is 11.8 Å². The Hall–Kier alpha value is -2.59. The molecule has 2 fully saturated rings. The number of benzene rings is 1. The Morgan fingerprint density at radius 1 is 1.02 bits per heavy atom. The molecule has 1 saturated heterocycles. The van der Waals surface area contributed by atoms with E-state index in [1.807, 2.05) is 56.3 Å². The average molecular weight is 557 g/mol. The largest absolute Gasteiger partial charge is 0.350 e. The SMILES string of the molecule is CC(C)C[C@@H](C(=O)NN)[C@H](C(=O)NOC1CCCCO1)C(/C=C/c1ccccc1)(C(=O)[C@@H](C)N)C1CCCCC1. The molecule has 40 heavy (non-hydrogen) atoms. The molecule has 2 unspecified atom stereocenters. The molecule has 1 aromatic carbocycles. The van der Waals surface area contributed by atoms with Crippen molar-refractivity contribution in [1.29, 1.82) is 0 Å². The molecule has 1 aromatic rings. The van der Waals surface area contributed by atoms with Crippen molar-refractivity contribution in [3.63, 3.8) is 0 Å². The highest BCUT2D eigenvalue weighted by Gasteiger charge is 2.57. The van der Waals surface area contributed by atoms with Crippen LogP contribution in [0.3, 0.4) is 0 Å². The zero-order valence-corrected chi connectivity index (χ0v) is 24.3. The van der Waals surface area contributed by atoms with Gasteiger partial charge >= 0.3 is 0 Å². The number of Topliss-reactive ketones (excluding diaryl/α,β-unsaturated/α-hetero) is 1. The lowest BCUT2D eigenvalue weighted by molar-refractivity contribution is -0.205. The molecular formula is C31H48N4O5. The molecule has 2 amide bonds. The number of ketones is 1. The van der Waals surface area contributed by atoms with Crippen molar-refractivity contribution in [1.82, 2.24) is 10.9 Å². The summed E-state index contributed by atoms with van der Waals surface area (Å²) in [6.45, 7) is 6.16. The molecule has 1 saturated carbocycles. The molecule has 5 atom stereocenters. The van der Waals surface area contributed by atoms with E-state index in [-0.39, 0.29) is 17.6 Å². The highest BCUT2D eigenvalue weighted by atomic mass is 16.8. The van der Waals surface area contributed by atoms with Gasteiger partial charge in [0, 0.05) is 13.0 Å². The van der Waals surface area contributed by atoms with E-state index in [1.165, 1.54) is 0 Å². The van der Waals surface area contributed by atoms with Crippen molar-refractivity contribution < 1.29 is 24.0 Å². The smallest absolute Gasteiger partial charge is 0.248 e. The maximum absolute atomic E-state index is 14.5. The standard InChI is InChI=1S/C31H48N4O5/c1-21(2)20-25(29(37)34-33)27(30(38)35-40-26-16-10-11-19-39-26)31(28(36)22(3)32,24-14-8-5-9-15-24)18-17-23-12-6-4-7-13-23/h4,6-7,12-13,17-18,21-22,24-27H,5,8-11,14-16,19-20,32-33H2,1-3H3,(H,34,37)(H,35,38)/b18-17+/t22-,25-,26?,27-,31?/m1/s1. The number of allylic oxidation sites excluding steroid dienone is 1. The Morgan fingerprint density at radius 2 is 1.70 bits per heavy atom. The lowest BCUT2D eigenvalue weighted by atomic mass is 9.54. The van der Waals surface area contributed by atoms with Gasteiger partial charge in [0.1, 0.15) is 0 Å². The molecule has 6 N–H and O–H groups in total. The first-order valence-electron chi connectivity index (χ1n) is 14.8. The Kier molecular flexibility index (Phi) is 12.3. The third kappa shape index (κ3) is 8.00. The Balaban J connectivity index is 2.20. The van der Waals surface area contributed by atoms with Crippen molar-refractivity contribution in [2.75, 3.05) is 6.61 Å².